The highest BCUT2D eigenvalue weighted by atomic mass is 16.3. The van der Waals surface area contributed by atoms with Crippen LogP contribution in [0.4, 0.5) is 0 Å². The van der Waals surface area contributed by atoms with Crippen molar-refractivity contribution in [2.45, 2.75) is 6.35 Å². The first kappa shape index (κ1) is 11.3. The molecule has 0 radical (unpaired) electrons. The molecule has 0 saturated carbocycles. The largest absolute Gasteiger partial charge is 0.383 e. The summed E-state index contributed by atoms with van der Waals surface area (Å²) in [6.45, 7) is -0.000448. The van der Waals surface area contributed by atoms with Crippen molar-refractivity contribution in [3.05, 3.63) is 11.5 Å². The van der Waals surface area contributed by atoms with Gasteiger partial charge in [0.2, 0.25) is 6.35 Å². The lowest BCUT2D eigenvalue weighted by molar-refractivity contribution is -0.150. The fourth-order valence-electron chi connectivity index (χ4n) is 1.26. The molecule has 0 aliphatic carbocycles. The summed E-state index contributed by atoms with van der Waals surface area (Å²) in [4.78, 5) is 24.2. The third-order valence-corrected chi connectivity index (χ3v) is 2.23. The van der Waals surface area contributed by atoms with Crippen LogP contribution in [0.15, 0.2) is 11.5 Å². The average Bonchev–Trinajstić information content (AvgIpc) is 2.24. The van der Waals surface area contributed by atoms with Gasteiger partial charge in [-0.1, -0.05) is 0 Å². The molecule has 0 spiro atoms. The van der Waals surface area contributed by atoms with Gasteiger partial charge in [0.25, 0.3) is 5.91 Å². The Morgan fingerprint density at radius 2 is 2.13 bits per heavy atom. The molecule has 0 aromatic rings. The molecule has 0 aromatic heterocycles. The average molecular weight is 214 g/mol. The van der Waals surface area contributed by atoms with Crippen LogP contribution in [0, 0.1) is 0 Å². The minimum Gasteiger partial charge on any atom is -0.383 e. The Kier molecular flexibility index (Phi) is 3.15. The van der Waals surface area contributed by atoms with Gasteiger partial charge in [-0.3, -0.25) is 9.69 Å². The fourth-order valence-corrected chi connectivity index (χ4v) is 1.26. The summed E-state index contributed by atoms with van der Waals surface area (Å²) in [6, 6.07) is 0. The Balaban J connectivity index is 2.98. The number of hydrogen-bond donors (Lipinski definition) is 3. The summed E-state index contributed by atoms with van der Waals surface area (Å²) >= 11 is 0. The van der Waals surface area contributed by atoms with Gasteiger partial charge in [0, 0.05) is 14.1 Å². The SMILES string of the molecule is CN1C(=O)C(NCC=O)=C(N)N(C)C1O. The number of carbonyl (C=O) groups excluding carboxylic acids is 2. The summed E-state index contributed by atoms with van der Waals surface area (Å²) in [7, 11) is 2.99. The van der Waals surface area contributed by atoms with Crippen LogP contribution in [-0.4, -0.2) is 54.1 Å². The number of rotatable bonds is 3. The van der Waals surface area contributed by atoms with Gasteiger partial charge in [-0.25, -0.2) is 0 Å². The van der Waals surface area contributed by atoms with E-state index in [-0.39, 0.29) is 18.1 Å². The molecule has 1 unspecified atom stereocenters. The molecule has 15 heavy (non-hydrogen) atoms. The van der Waals surface area contributed by atoms with Crippen molar-refractivity contribution < 1.29 is 14.7 Å². The van der Waals surface area contributed by atoms with E-state index in [4.69, 9.17) is 5.73 Å². The Hall–Kier alpha value is -1.76. The normalized spacial score (nSPS) is 22.1. The van der Waals surface area contributed by atoms with Crippen LogP contribution in [0.1, 0.15) is 0 Å². The molecule has 7 heteroatoms. The number of aldehydes is 1. The zero-order valence-electron chi connectivity index (χ0n) is 8.60. The van der Waals surface area contributed by atoms with Gasteiger partial charge in [-0.05, 0) is 0 Å². The molecular formula is C8H14N4O3. The smallest absolute Gasteiger partial charge is 0.276 e. The number of nitrogens with two attached hydrogens (primary N) is 1. The van der Waals surface area contributed by atoms with E-state index in [1.165, 1.54) is 11.9 Å². The van der Waals surface area contributed by atoms with Crippen LogP contribution in [-0.2, 0) is 9.59 Å². The Morgan fingerprint density at radius 1 is 1.53 bits per heavy atom. The number of likely N-dealkylation sites (N-methyl/N-ethyl adjacent to an activating group) is 1. The van der Waals surface area contributed by atoms with Crippen molar-refractivity contribution in [3.8, 4) is 0 Å². The first-order valence-electron chi connectivity index (χ1n) is 4.36. The second-order valence-electron chi connectivity index (χ2n) is 3.18. The highest BCUT2D eigenvalue weighted by Crippen LogP contribution is 2.15. The van der Waals surface area contributed by atoms with Crippen LogP contribution >= 0.6 is 0 Å². The highest BCUT2D eigenvalue weighted by molar-refractivity contribution is 5.94. The molecule has 1 aliphatic rings. The van der Waals surface area contributed by atoms with Crippen molar-refractivity contribution >= 4 is 12.2 Å². The summed E-state index contributed by atoms with van der Waals surface area (Å²) in [5, 5.41) is 12.1. The second-order valence-corrected chi connectivity index (χ2v) is 3.18. The Bertz CT molecular complexity index is 315. The summed E-state index contributed by atoms with van der Waals surface area (Å²) < 4.78 is 0. The molecule has 1 amide bonds. The maximum atomic E-state index is 11.6. The highest BCUT2D eigenvalue weighted by Gasteiger charge is 2.33. The molecule has 0 aromatic carbocycles. The van der Waals surface area contributed by atoms with Crippen LogP contribution in [0.25, 0.3) is 0 Å². The third-order valence-electron chi connectivity index (χ3n) is 2.23. The molecule has 1 aliphatic heterocycles. The first-order valence-corrected chi connectivity index (χ1v) is 4.36. The molecule has 0 saturated heterocycles. The van der Waals surface area contributed by atoms with Gasteiger partial charge in [0.05, 0.1) is 6.54 Å². The zero-order valence-corrected chi connectivity index (χ0v) is 8.60. The number of aliphatic hydroxyl groups excluding tert-OH is 1. The quantitative estimate of drug-likeness (QED) is 0.452. The summed E-state index contributed by atoms with van der Waals surface area (Å²) in [5.74, 6) is -0.326. The van der Waals surface area contributed by atoms with E-state index in [2.05, 4.69) is 5.32 Å². The zero-order chi connectivity index (χ0) is 11.6. The topological polar surface area (TPSA) is 98.9 Å². The van der Waals surface area contributed by atoms with Crippen LogP contribution < -0.4 is 11.1 Å². The molecule has 0 bridgehead atoms. The van der Waals surface area contributed by atoms with E-state index in [1.54, 1.807) is 7.05 Å². The minimum absolute atomic E-state index is 0.000448. The van der Waals surface area contributed by atoms with E-state index < -0.39 is 12.3 Å². The number of aliphatic hydroxyl groups is 1. The lowest BCUT2D eigenvalue weighted by Crippen LogP contribution is -2.55. The second kappa shape index (κ2) is 4.18. The maximum Gasteiger partial charge on any atom is 0.276 e. The number of nitrogens with one attached hydrogen (secondary N) is 1. The lowest BCUT2D eigenvalue weighted by Gasteiger charge is -2.38. The number of nitrogens with zero attached hydrogens (tertiary/aromatic N) is 2. The fraction of sp³-hybridized carbons (Fsp3) is 0.500. The molecule has 7 nitrogen and oxygen atoms in total. The van der Waals surface area contributed by atoms with E-state index in [0.717, 1.165) is 4.90 Å². The predicted molar refractivity (Wildman–Crippen MR) is 51.8 cm³/mol. The molecule has 4 N–H and O–H groups in total. The van der Waals surface area contributed by atoms with Gasteiger partial charge in [-0.2, -0.15) is 0 Å². The van der Waals surface area contributed by atoms with Gasteiger partial charge in [0.15, 0.2) is 0 Å². The van der Waals surface area contributed by atoms with Crippen molar-refractivity contribution in [1.82, 2.24) is 15.1 Å². The molecule has 1 heterocycles. The summed E-state index contributed by atoms with van der Waals surface area (Å²) in [6.07, 6.45) is -0.460. The Morgan fingerprint density at radius 3 is 2.67 bits per heavy atom. The van der Waals surface area contributed by atoms with Gasteiger partial charge >= 0.3 is 0 Å². The predicted octanol–water partition coefficient (Wildman–Crippen LogP) is -2.42. The Labute approximate surface area is 87.1 Å². The lowest BCUT2D eigenvalue weighted by atomic mass is 10.3. The molecule has 1 rings (SSSR count). The van der Waals surface area contributed by atoms with Crippen LogP contribution in [0.2, 0.25) is 0 Å². The van der Waals surface area contributed by atoms with Crippen LogP contribution in [0.3, 0.4) is 0 Å². The molecular weight excluding hydrogens is 200 g/mol. The van der Waals surface area contributed by atoms with Crippen molar-refractivity contribution in [2.24, 2.45) is 5.73 Å². The third kappa shape index (κ3) is 1.86. The van der Waals surface area contributed by atoms with E-state index in [0.29, 0.717) is 6.29 Å². The van der Waals surface area contributed by atoms with Crippen molar-refractivity contribution in [2.75, 3.05) is 20.6 Å². The van der Waals surface area contributed by atoms with Crippen molar-refractivity contribution in [3.63, 3.8) is 0 Å². The first-order chi connectivity index (χ1) is 7.00. The molecule has 0 fully saturated rings. The van der Waals surface area contributed by atoms with E-state index in [9.17, 15) is 14.7 Å². The molecule has 84 valence electrons. The molecule has 1 atom stereocenters. The maximum absolute atomic E-state index is 11.6. The van der Waals surface area contributed by atoms with Gasteiger partial charge in [0.1, 0.15) is 17.8 Å². The monoisotopic (exact) mass is 214 g/mol. The standard InChI is InChI=1S/C8H14N4O3/c1-11-6(9)5(10-3-4-13)7(14)12(2)8(11)15/h4,8,10,15H,3,9H2,1-2H3. The van der Waals surface area contributed by atoms with E-state index >= 15 is 0 Å². The number of hydrogen-bond acceptors (Lipinski definition) is 6. The van der Waals surface area contributed by atoms with Gasteiger partial charge in [-0.15, -0.1) is 0 Å². The van der Waals surface area contributed by atoms with E-state index in [1.807, 2.05) is 0 Å². The van der Waals surface area contributed by atoms with Crippen LogP contribution in [0.5, 0.6) is 0 Å². The van der Waals surface area contributed by atoms with Crippen molar-refractivity contribution in [1.29, 1.82) is 0 Å². The minimum atomic E-state index is -1.08. The summed E-state index contributed by atoms with van der Waals surface area (Å²) in [5.41, 5.74) is 5.75. The van der Waals surface area contributed by atoms with Gasteiger partial charge < -0.3 is 25.9 Å². The number of amides is 1. The number of carbonyl (C=O) groups is 2.